The van der Waals surface area contributed by atoms with Crippen molar-refractivity contribution in [2.45, 2.75) is 64.1 Å². The minimum atomic E-state index is -3.88. The Kier molecular flexibility index (Phi) is 10.9. The molecule has 0 radical (unpaired) electrons. The lowest BCUT2D eigenvalue weighted by atomic mass is 9.95. The second-order valence-electron chi connectivity index (χ2n) is 9.69. The molecule has 214 valence electrons. The van der Waals surface area contributed by atoms with Gasteiger partial charge in [-0.2, -0.15) is 0 Å². The van der Waals surface area contributed by atoms with Crippen LogP contribution < -0.4 is 19.1 Å². The Hall–Kier alpha value is -2.98. The average Bonchev–Trinajstić information content (AvgIpc) is 2.92. The maximum atomic E-state index is 13.9. The summed E-state index contributed by atoms with van der Waals surface area (Å²) in [6.07, 6.45) is 6.45. The van der Waals surface area contributed by atoms with Crippen LogP contribution in [0.4, 0.5) is 5.69 Å². The standard InChI is InChI=1S/C28H38ClN3O6S/c1-5-24(28(34)30-21-12-7-6-8-13-21)31(18-20-11-9-10-14-23(20)29)27(33)19-32(39(4,35)36)22-15-16-25(37-2)26(17-22)38-3/h9-11,14-17,21,24H,5-8,12-13,18-19H2,1-4H3,(H,30,34). The molecule has 11 heteroatoms. The second-order valence-corrected chi connectivity index (χ2v) is 12.0. The Morgan fingerprint density at radius 1 is 1.05 bits per heavy atom. The quantitative estimate of drug-likeness (QED) is 0.400. The van der Waals surface area contributed by atoms with E-state index in [-0.39, 0.29) is 24.2 Å². The van der Waals surface area contributed by atoms with Crippen molar-refractivity contribution in [3.8, 4) is 11.5 Å². The number of rotatable bonds is 12. The highest BCUT2D eigenvalue weighted by atomic mass is 35.5. The highest BCUT2D eigenvalue weighted by molar-refractivity contribution is 7.92. The highest BCUT2D eigenvalue weighted by Gasteiger charge is 2.33. The lowest BCUT2D eigenvalue weighted by molar-refractivity contribution is -0.140. The molecular weight excluding hydrogens is 542 g/mol. The maximum Gasteiger partial charge on any atom is 0.244 e. The van der Waals surface area contributed by atoms with Crippen LogP contribution in [0.1, 0.15) is 51.0 Å². The molecule has 9 nitrogen and oxygen atoms in total. The third-order valence-electron chi connectivity index (χ3n) is 6.97. The zero-order valence-electron chi connectivity index (χ0n) is 23.0. The van der Waals surface area contributed by atoms with E-state index in [1.165, 1.54) is 25.2 Å². The van der Waals surface area contributed by atoms with Crippen LogP contribution in [0.5, 0.6) is 11.5 Å². The number of anilines is 1. The van der Waals surface area contributed by atoms with Crippen LogP contribution in [-0.2, 0) is 26.2 Å². The first-order chi connectivity index (χ1) is 18.6. The number of nitrogens with one attached hydrogen (secondary N) is 1. The molecule has 0 saturated heterocycles. The van der Waals surface area contributed by atoms with Crippen molar-refractivity contribution < 1.29 is 27.5 Å². The summed E-state index contributed by atoms with van der Waals surface area (Å²) >= 11 is 6.42. The number of sulfonamides is 1. The molecule has 2 amide bonds. The number of hydrogen-bond donors (Lipinski definition) is 1. The number of hydrogen-bond acceptors (Lipinski definition) is 6. The van der Waals surface area contributed by atoms with Gasteiger partial charge in [0.1, 0.15) is 12.6 Å². The van der Waals surface area contributed by atoms with Crippen LogP contribution in [0, 0.1) is 0 Å². The summed E-state index contributed by atoms with van der Waals surface area (Å²) in [5, 5.41) is 3.58. The van der Waals surface area contributed by atoms with E-state index in [4.69, 9.17) is 21.1 Å². The van der Waals surface area contributed by atoms with Gasteiger partial charge in [-0.3, -0.25) is 13.9 Å². The Morgan fingerprint density at radius 2 is 1.72 bits per heavy atom. The Bertz CT molecular complexity index is 1250. The smallest absolute Gasteiger partial charge is 0.244 e. The van der Waals surface area contributed by atoms with Crippen molar-refractivity contribution in [3.05, 3.63) is 53.1 Å². The summed E-state index contributed by atoms with van der Waals surface area (Å²) in [5.74, 6) is -0.0308. The minimum absolute atomic E-state index is 0.0542. The number of nitrogens with zero attached hydrogens (tertiary/aromatic N) is 2. The van der Waals surface area contributed by atoms with E-state index in [0.717, 1.165) is 42.7 Å². The average molecular weight is 580 g/mol. The molecule has 0 heterocycles. The normalized spacial score (nSPS) is 14.8. The van der Waals surface area contributed by atoms with Gasteiger partial charge in [0.15, 0.2) is 11.5 Å². The monoisotopic (exact) mass is 579 g/mol. The number of benzene rings is 2. The maximum absolute atomic E-state index is 13.9. The summed E-state index contributed by atoms with van der Waals surface area (Å²) in [4.78, 5) is 28.8. The Balaban J connectivity index is 1.95. The molecule has 39 heavy (non-hydrogen) atoms. The van der Waals surface area contributed by atoms with Crippen molar-refractivity contribution >= 4 is 39.1 Å². The van der Waals surface area contributed by atoms with Crippen LogP contribution in [0.25, 0.3) is 0 Å². The number of amides is 2. The topological polar surface area (TPSA) is 105 Å². The van der Waals surface area contributed by atoms with E-state index >= 15 is 0 Å². The molecule has 2 aromatic rings. The zero-order chi connectivity index (χ0) is 28.6. The fourth-order valence-electron chi connectivity index (χ4n) is 4.87. The largest absolute Gasteiger partial charge is 0.493 e. The highest BCUT2D eigenvalue weighted by Crippen LogP contribution is 2.32. The van der Waals surface area contributed by atoms with E-state index in [0.29, 0.717) is 28.5 Å². The van der Waals surface area contributed by atoms with Gasteiger partial charge in [-0.15, -0.1) is 0 Å². The van der Waals surface area contributed by atoms with Gasteiger partial charge in [0.25, 0.3) is 0 Å². The molecule has 0 spiro atoms. The molecule has 1 aliphatic rings. The van der Waals surface area contributed by atoms with Crippen molar-refractivity contribution in [3.63, 3.8) is 0 Å². The lowest BCUT2D eigenvalue weighted by Crippen LogP contribution is -2.54. The third kappa shape index (κ3) is 8.02. The first-order valence-corrected chi connectivity index (χ1v) is 15.3. The number of carbonyl (C=O) groups is 2. The van der Waals surface area contributed by atoms with Gasteiger partial charge in [0, 0.05) is 23.7 Å². The molecule has 1 saturated carbocycles. The lowest BCUT2D eigenvalue weighted by Gasteiger charge is -2.34. The molecule has 1 atom stereocenters. The zero-order valence-corrected chi connectivity index (χ0v) is 24.6. The predicted molar refractivity (Wildman–Crippen MR) is 153 cm³/mol. The van der Waals surface area contributed by atoms with E-state index in [1.54, 1.807) is 36.4 Å². The van der Waals surface area contributed by atoms with Crippen LogP contribution in [0.15, 0.2) is 42.5 Å². The second kappa shape index (κ2) is 13.9. The molecule has 1 N–H and O–H groups in total. The van der Waals surface area contributed by atoms with Gasteiger partial charge in [0.2, 0.25) is 21.8 Å². The Labute approximate surface area is 236 Å². The number of halogens is 1. The van der Waals surface area contributed by atoms with Crippen LogP contribution in [0.2, 0.25) is 5.02 Å². The summed E-state index contributed by atoms with van der Waals surface area (Å²) in [7, 11) is -0.963. The molecule has 0 aromatic heterocycles. The summed E-state index contributed by atoms with van der Waals surface area (Å²) < 4.78 is 37.4. The van der Waals surface area contributed by atoms with Crippen molar-refractivity contribution in [2.24, 2.45) is 0 Å². The van der Waals surface area contributed by atoms with Gasteiger partial charge in [0.05, 0.1) is 26.2 Å². The number of ether oxygens (including phenoxy) is 2. The summed E-state index contributed by atoms with van der Waals surface area (Å²) in [5.41, 5.74) is 0.898. The molecule has 2 aromatic carbocycles. The molecular formula is C28H38ClN3O6S. The van der Waals surface area contributed by atoms with Gasteiger partial charge >= 0.3 is 0 Å². The number of methoxy groups -OCH3 is 2. The van der Waals surface area contributed by atoms with Crippen LogP contribution >= 0.6 is 11.6 Å². The molecule has 0 bridgehead atoms. The van der Waals surface area contributed by atoms with Gasteiger partial charge in [-0.05, 0) is 43.0 Å². The molecule has 3 rings (SSSR count). The molecule has 0 aliphatic heterocycles. The predicted octanol–water partition coefficient (Wildman–Crippen LogP) is 4.38. The fourth-order valence-corrected chi connectivity index (χ4v) is 5.90. The van der Waals surface area contributed by atoms with Gasteiger partial charge in [-0.1, -0.05) is 56.0 Å². The van der Waals surface area contributed by atoms with Gasteiger partial charge in [-0.25, -0.2) is 8.42 Å². The third-order valence-corrected chi connectivity index (χ3v) is 8.48. The van der Waals surface area contributed by atoms with Crippen LogP contribution in [0.3, 0.4) is 0 Å². The molecule has 1 unspecified atom stereocenters. The molecule has 1 fully saturated rings. The van der Waals surface area contributed by atoms with Crippen molar-refractivity contribution in [1.82, 2.24) is 10.2 Å². The Morgan fingerprint density at radius 3 is 2.31 bits per heavy atom. The van der Waals surface area contributed by atoms with E-state index in [1.807, 2.05) is 6.92 Å². The summed E-state index contributed by atoms with van der Waals surface area (Å²) in [6, 6.07) is 11.0. The van der Waals surface area contributed by atoms with Gasteiger partial charge < -0.3 is 19.7 Å². The van der Waals surface area contributed by atoms with E-state index in [9.17, 15) is 18.0 Å². The van der Waals surface area contributed by atoms with Crippen molar-refractivity contribution in [1.29, 1.82) is 0 Å². The van der Waals surface area contributed by atoms with Crippen LogP contribution in [-0.4, -0.2) is 64.2 Å². The number of carbonyl (C=O) groups excluding carboxylic acids is 2. The fraction of sp³-hybridized carbons (Fsp3) is 0.500. The SMILES string of the molecule is CCC(C(=O)NC1CCCCC1)N(Cc1ccccc1Cl)C(=O)CN(c1ccc(OC)c(OC)c1)S(C)(=O)=O. The minimum Gasteiger partial charge on any atom is -0.493 e. The molecule has 1 aliphatic carbocycles. The van der Waals surface area contributed by atoms with E-state index in [2.05, 4.69) is 5.32 Å². The first-order valence-electron chi connectivity index (χ1n) is 13.1. The van der Waals surface area contributed by atoms with Crippen molar-refractivity contribution in [2.75, 3.05) is 31.3 Å². The summed E-state index contributed by atoms with van der Waals surface area (Å²) in [6.45, 7) is 1.38. The first kappa shape index (κ1) is 30.6. The van der Waals surface area contributed by atoms with E-state index < -0.39 is 28.5 Å².